The van der Waals surface area contributed by atoms with E-state index in [2.05, 4.69) is 21.7 Å². The molecule has 0 amide bonds. The van der Waals surface area contributed by atoms with Crippen LogP contribution in [-0.2, 0) is 13.6 Å². The average molecular weight is 283 g/mol. The zero-order valence-electron chi connectivity index (χ0n) is 8.96. The largest absolute Gasteiger partial charge is 0.375 e. The van der Waals surface area contributed by atoms with Gasteiger partial charge in [0.25, 0.3) is 0 Å². The number of hydrogen-bond acceptors (Lipinski definition) is 3. The molecule has 0 rings (SSSR count). The van der Waals surface area contributed by atoms with Gasteiger partial charge in [-0.2, -0.15) is 0 Å². The molecule has 0 aliphatic rings. The summed E-state index contributed by atoms with van der Waals surface area (Å²) in [6.07, 6.45) is 0. The molecule has 0 N–H and O–H groups in total. The van der Waals surface area contributed by atoms with Gasteiger partial charge in [0.2, 0.25) is 0 Å². The predicted octanol–water partition coefficient (Wildman–Crippen LogP) is 4.05. The molecular weight excluding hydrogens is 267 g/mol. The number of hydrogen-bond donors (Lipinski definition) is 0. The second-order valence-electron chi connectivity index (χ2n) is 2.75. The number of halogens is 1. The first kappa shape index (κ1) is 14.2. The topological polar surface area (TPSA) is 35.5 Å². The van der Waals surface area contributed by atoms with Crippen molar-refractivity contribution in [2.24, 2.45) is 0 Å². The summed E-state index contributed by atoms with van der Waals surface area (Å²) >= 11 is 3.17. The molecule has 5 heteroatoms. The maximum absolute atomic E-state index is 12.0. The van der Waals surface area contributed by atoms with Gasteiger partial charge in [0.1, 0.15) is 4.22 Å². The van der Waals surface area contributed by atoms with Crippen molar-refractivity contribution in [1.82, 2.24) is 0 Å². The third-order valence-corrected chi connectivity index (χ3v) is 4.48. The van der Waals surface area contributed by atoms with Crippen LogP contribution < -0.4 is 0 Å². The molecule has 0 radical (unpaired) electrons. The molecule has 0 heterocycles. The van der Waals surface area contributed by atoms with Gasteiger partial charge in [0.05, 0.1) is 13.2 Å². The van der Waals surface area contributed by atoms with Crippen molar-refractivity contribution in [1.29, 1.82) is 0 Å². The van der Waals surface area contributed by atoms with Gasteiger partial charge in [-0.15, -0.1) is 0 Å². The van der Waals surface area contributed by atoms with Crippen LogP contribution in [0.1, 0.15) is 27.7 Å². The van der Waals surface area contributed by atoms with E-state index in [4.69, 9.17) is 9.05 Å². The lowest BCUT2D eigenvalue weighted by atomic mass is 10.4. The highest BCUT2D eigenvalue weighted by Gasteiger charge is 2.27. The van der Waals surface area contributed by atoms with Crippen molar-refractivity contribution in [3.63, 3.8) is 0 Å². The van der Waals surface area contributed by atoms with Crippen LogP contribution in [0.25, 0.3) is 0 Å². The minimum atomic E-state index is -3.16. The molecule has 0 aromatic carbocycles. The minimum Gasteiger partial charge on any atom is -0.305 e. The smallest absolute Gasteiger partial charge is 0.305 e. The zero-order chi connectivity index (χ0) is 11.2. The summed E-state index contributed by atoms with van der Waals surface area (Å²) in [6, 6.07) is 0. The highest BCUT2D eigenvalue weighted by molar-refractivity contribution is 9.13. The predicted molar refractivity (Wildman–Crippen MR) is 61.7 cm³/mol. The van der Waals surface area contributed by atoms with Crippen LogP contribution in [-0.4, -0.2) is 13.2 Å². The maximum atomic E-state index is 12.0. The highest BCUT2D eigenvalue weighted by atomic mass is 79.9. The molecule has 0 aliphatic heterocycles. The van der Waals surface area contributed by atoms with Crippen LogP contribution in [0.5, 0.6) is 0 Å². The van der Waals surface area contributed by atoms with Gasteiger partial charge in [0.15, 0.2) is 0 Å². The summed E-state index contributed by atoms with van der Waals surface area (Å²) in [5, 5.41) is 0. The lowest BCUT2D eigenvalue weighted by Gasteiger charge is -2.14. The molecule has 0 saturated carbocycles. The van der Waals surface area contributed by atoms with E-state index in [1.807, 2.05) is 13.8 Å². The van der Waals surface area contributed by atoms with Crippen molar-refractivity contribution in [2.45, 2.75) is 27.7 Å². The average Bonchev–Trinajstić information content (AvgIpc) is 2.03. The lowest BCUT2D eigenvalue weighted by molar-refractivity contribution is 0.228. The van der Waals surface area contributed by atoms with Gasteiger partial charge >= 0.3 is 7.60 Å². The van der Waals surface area contributed by atoms with Gasteiger partial charge < -0.3 is 9.05 Å². The summed E-state index contributed by atoms with van der Waals surface area (Å²) < 4.78 is 22.6. The first-order chi connectivity index (χ1) is 6.46. The van der Waals surface area contributed by atoms with E-state index in [-0.39, 0.29) is 0 Å². The van der Waals surface area contributed by atoms with Crippen molar-refractivity contribution < 1.29 is 13.6 Å². The fraction of sp³-hybridized carbons (Fsp3) is 0.667. The van der Waals surface area contributed by atoms with Crippen LogP contribution in [0.2, 0.25) is 0 Å². The Morgan fingerprint density at radius 1 is 1.29 bits per heavy atom. The summed E-state index contributed by atoms with van der Waals surface area (Å²) in [4.78, 5) is 0. The monoisotopic (exact) mass is 282 g/mol. The van der Waals surface area contributed by atoms with E-state index in [9.17, 15) is 4.57 Å². The molecule has 0 aromatic heterocycles. The molecule has 0 fully saturated rings. The molecule has 3 nitrogen and oxygen atoms in total. The van der Waals surface area contributed by atoms with Gasteiger partial charge in [0, 0.05) is 0 Å². The second kappa shape index (κ2) is 6.60. The van der Waals surface area contributed by atoms with Crippen LogP contribution in [0, 0.1) is 0 Å². The summed E-state index contributed by atoms with van der Waals surface area (Å²) in [5.74, 6) is 0. The van der Waals surface area contributed by atoms with E-state index in [0.717, 1.165) is 5.57 Å². The third kappa shape index (κ3) is 4.59. The van der Waals surface area contributed by atoms with Gasteiger partial charge in [-0.3, -0.25) is 4.57 Å². The standard InChI is InChI=1S/C9H16BrO3P/c1-5-12-14(11,13-6-2)9(10)7-8(3)4/h5-6H2,1-4H3. The molecule has 0 spiro atoms. The van der Waals surface area contributed by atoms with E-state index in [0.29, 0.717) is 17.4 Å². The molecule has 14 heavy (non-hydrogen) atoms. The zero-order valence-corrected chi connectivity index (χ0v) is 11.4. The summed E-state index contributed by atoms with van der Waals surface area (Å²) in [6.45, 7) is 7.96. The Balaban J connectivity index is 5.02. The third-order valence-electron chi connectivity index (χ3n) is 1.19. The lowest BCUT2D eigenvalue weighted by Crippen LogP contribution is -1.94. The number of allylic oxidation sites excluding steroid dienone is 1. The van der Waals surface area contributed by atoms with Crippen molar-refractivity contribution in [3.8, 4) is 0 Å². The van der Waals surface area contributed by atoms with Crippen molar-refractivity contribution in [2.75, 3.05) is 13.2 Å². The Morgan fingerprint density at radius 2 is 1.71 bits per heavy atom. The fourth-order valence-electron chi connectivity index (χ4n) is 0.765. The maximum Gasteiger partial charge on any atom is 0.375 e. The van der Waals surface area contributed by atoms with Crippen molar-refractivity contribution >= 4 is 23.5 Å². The Labute approximate surface area is 93.8 Å². The molecule has 0 aliphatic carbocycles. The van der Waals surface area contributed by atoms with E-state index in [1.54, 1.807) is 13.8 Å². The van der Waals surface area contributed by atoms with Crippen LogP contribution >= 0.6 is 23.5 Å². The summed E-state index contributed by atoms with van der Waals surface area (Å²) in [5.41, 5.74) is 3.80. The van der Waals surface area contributed by atoms with Crippen molar-refractivity contribution in [3.05, 3.63) is 15.5 Å². The van der Waals surface area contributed by atoms with Crippen LogP contribution in [0.3, 0.4) is 0 Å². The summed E-state index contributed by atoms with van der Waals surface area (Å²) in [7, 11) is -3.16. The Kier molecular flexibility index (Phi) is 6.67. The quantitative estimate of drug-likeness (QED) is 0.564. The molecule has 0 bridgehead atoms. The van der Waals surface area contributed by atoms with Crippen LogP contribution in [0.15, 0.2) is 15.5 Å². The fourth-order valence-corrected chi connectivity index (χ4v) is 3.12. The van der Waals surface area contributed by atoms with E-state index in [1.165, 1.54) is 0 Å². The molecule has 0 saturated heterocycles. The normalized spacial score (nSPS) is 10.9. The van der Waals surface area contributed by atoms with Crippen LogP contribution in [0.4, 0.5) is 0 Å². The molecule has 0 unspecified atom stereocenters. The minimum absolute atomic E-state index is 0.344. The molecule has 0 atom stereocenters. The molecule has 0 aromatic rings. The van der Waals surface area contributed by atoms with E-state index < -0.39 is 7.60 Å². The Bertz CT molecular complexity index is 278. The van der Waals surface area contributed by atoms with Gasteiger partial charge in [-0.25, -0.2) is 0 Å². The molecule has 82 valence electrons. The van der Waals surface area contributed by atoms with E-state index >= 15 is 0 Å². The highest BCUT2D eigenvalue weighted by Crippen LogP contribution is 2.58. The Hall–Kier alpha value is 0.150. The number of rotatable bonds is 5. The second-order valence-corrected chi connectivity index (χ2v) is 6.11. The van der Waals surface area contributed by atoms with Gasteiger partial charge in [-0.05, 0) is 49.2 Å². The van der Waals surface area contributed by atoms with Gasteiger partial charge in [-0.1, -0.05) is 5.73 Å². The Morgan fingerprint density at radius 3 is 2.00 bits per heavy atom. The molecular formula is C9H16BrO3P. The SMILES string of the molecule is CCOP(=O)(OCC)C(Br)=C=C(C)C. The first-order valence-electron chi connectivity index (χ1n) is 4.45. The first-order valence-corrected chi connectivity index (χ1v) is 6.79.